The molecule has 1 unspecified atom stereocenters. The summed E-state index contributed by atoms with van der Waals surface area (Å²) in [4.78, 5) is 1.51. The van der Waals surface area contributed by atoms with Crippen molar-refractivity contribution in [1.29, 1.82) is 0 Å². The fraction of sp³-hybridized carbons (Fsp3) is 0.167. The van der Waals surface area contributed by atoms with Gasteiger partial charge in [0.25, 0.3) is 0 Å². The monoisotopic (exact) mass is 360 g/mol. The highest BCUT2D eigenvalue weighted by atomic mass is 79.9. The zero-order chi connectivity index (χ0) is 11.5. The van der Waals surface area contributed by atoms with E-state index in [0.717, 1.165) is 10.2 Å². The molecule has 0 N–H and O–H groups in total. The van der Waals surface area contributed by atoms with Gasteiger partial charge in [0.05, 0.1) is 11.9 Å². The third-order valence-corrected chi connectivity index (χ3v) is 5.51. The Morgan fingerprint density at radius 3 is 2.38 bits per heavy atom. The van der Waals surface area contributed by atoms with Crippen molar-refractivity contribution < 1.29 is 4.74 Å². The van der Waals surface area contributed by atoms with Crippen LogP contribution in [0.3, 0.4) is 0 Å². The molecule has 4 heteroatoms. The Bertz CT molecular complexity index is 464. The highest BCUT2D eigenvalue weighted by Crippen LogP contribution is 2.39. The second kappa shape index (κ2) is 5.34. The lowest BCUT2D eigenvalue weighted by Crippen LogP contribution is -1.91. The first-order chi connectivity index (χ1) is 7.72. The van der Waals surface area contributed by atoms with E-state index in [2.05, 4.69) is 55.4 Å². The highest BCUT2D eigenvalue weighted by Gasteiger charge is 2.14. The van der Waals surface area contributed by atoms with Crippen molar-refractivity contribution in [3.05, 3.63) is 50.6 Å². The Morgan fingerprint density at radius 2 is 1.88 bits per heavy atom. The van der Waals surface area contributed by atoms with Crippen molar-refractivity contribution >= 4 is 43.2 Å². The van der Waals surface area contributed by atoms with Crippen molar-refractivity contribution in [3.63, 3.8) is 0 Å². The van der Waals surface area contributed by atoms with E-state index in [1.165, 1.54) is 10.4 Å². The van der Waals surface area contributed by atoms with E-state index in [1.54, 1.807) is 18.4 Å². The maximum atomic E-state index is 5.14. The summed E-state index contributed by atoms with van der Waals surface area (Å²) in [5, 5.41) is 2.08. The van der Waals surface area contributed by atoms with Crippen LogP contribution in [0.2, 0.25) is 0 Å². The quantitative estimate of drug-likeness (QED) is 0.698. The summed E-state index contributed by atoms with van der Waals surface area (Å²) < 4.78 is 6.29. The van der Waals surface area contributed by atoms with Gasteiger partial charge in [-0.05, 0) is 45.1 Å². The van der Waals surface area contributed by atoms with E-state index in [9.17, 15) is 0 Å². The van der Waals surface area contributed by atoms with Gasteiger partial charge in [-0.2, -0.15) is 0 Å². The standard InChI is InChI=1S/C12H10Br2OS/c1-15-9-4-2-8(3-5-9)11(14)12-10(13)6-7-16-12/h2-7,11H,1H3. The van der Waals surface area contributed by atoms with Gasteiger partial charge >= 0.3 is 0 Å². The van der Waals surface area contributed by atoms with Gasteiger partial charge in [0.15, 0.2) is 0 Å². The molecule has 2 rings (SSSR count). The fourth-order valence-electron chi connectivity index (χ4n) is 1.41. The predicted molar refractivity (Wildman–Crippen MR) is 75.8 cm³/mol. The normalized spacial score (nSPS) is 12.4. The molecule has 0 saturated carbocycles. The first-order valence-electron chi connectivity index (χ1n) is 4.73. The molecule has 0 saturated heterocycles. The lowest BCUT2D eigenvalue weighted by Gasteiger charge is -2.09. The number of thiophene rings is 1. The van der Waals surface area contributed by atoms with Crippen LogP contribution in [-0.2, 0) is 0 Å². The molecule has 0 aliphatic rings. The van der Waals surface area contributed by atoms with Crippen LogP contribution in [0.25, 0.3) is 0 Å². The van der Waals surface area contributed by atoms with Crippen LogP contribution < -0.4 is 4.74 Å². The smallest absolute Gasteiger partial charge is 0.118 e. The van der Waals surface area contributed by atoms with Crippen molar-refractivity contribution in [2.24, 2.45) is 0 Å². The van der Waals surface area contributed by atoms with Crippen LogP contribution in [0, 0.1) is 0 Å². The molecule has 1 atom stereocenters. The topological polar surface area (TPSA) is 9.23 Å². The minimum absolute atomic E-state index is 0.229. The minimum Gasteiger partial charge on any atom is -0.497 e. The zero-order valence-electron chi connectivity index (χ0n) is 8.61. The van der Waals surface area contributed by atoms with Gasteiger partial charge in [0, 0.05) is 9.35 Å². The lowest BCUT2D eigenvalue weighted by molar-refractivity contribution is 0.414. The summed E-state index contributed by atoms with van der Waals surface area (Å²) in [6.07, 6.45) is 0. The number of methoxy groups -OCH3 is 1. The van der Waals surface area contributed by atoms with Gasteiger partial charge in [-0.15, -0.1) is 11.3 Å². The molecule has 0 aliphatic heterocycles. The first kappa shape index (κ1) is 12.1. The number of rotatable bonds is 3. The molecule has 1 nitrogen and oxygen atoms in total. The molecule has 0 radical (unpaired) electrons. The van der Waals surface area contributed by atoms with Crippen LogP contribution in [0.1, 0.15) is 15.3 Å². The van der Waals surface area contributed by atoms with E-state index in [0.29, 0.717) is 0 Å². The summed E-state index contributed by atoms with van der Waals surface area (Å²) in [5.74, 6) is 0.883. The van der Waals surface area contributed by atoms with Crippen LogP contribution >= 0.6 is 43.2 Å². The summed E-state index contributed by atoms with van der Waals surface area (Å²) in [5.41, 5.74) is 1.23. The molecule has 1 heterocycles. The summed E-state index contributed by atoms with van der Waals surface area (Å²) in [6.45, 7) is 0. The highest BCUT2D eigenvalue weighted by molar-refractivity contribution is 9.11. The maximum absolute atomic E-state index is 5.14. The number of halogens is 2. The van der Waals surface area contributed by atoms with E-state index < -0.39 is 0 Å². The van der Waals surface area contributed by atoms with E-state index in [4.69, 9.17) is 4.74 Å². The van der Waals surface area contributed by atoms with Crippen molar-refractivity contribution in [1.82, 2.24) is 0 Å². The average Bonchev–Trinajstić information content (AvgIpc) is 2.75. The van der Waals surface area contributed by atoms with Gasteiger partial charge in [-0.3, -0.25) is 0 Å². The lowest BCUT2D eigenvalue weighted by atomic mass is 10.1. The third kappa shape index (κ3) is 2.50. The van der Waals surface area contributed by atoms with Crippen LogP contribution in [0.4, 0.5) is 0 Å². The molecule has 16 heavy (non-hydrogen) atoms. The Balaban J connectivity index is 2.27. The SMILES string of the molecule is COc1ccc(C(Br)c2sccc2Br)cc1. The number of benzene rings is 1. The summed E-state index contributed by atoms with van der Waals surface area (Å²) in [7, 11) is 1.68. The largest absolute Gasteiger partial charge is 0.497 e. The van der Waals surface area contributed by atoms with Crippen LogP contribution in [0.15, 0.2) is 40.2 Å². The Kier molecular flexibility index (Phi) is 4.05. The molecule has 1 aromatic heterocycles. The molecule has 0 aliphatic carbocycles. The van der Waals surface area contributed by atoms with Crippen molar-refractivity contribution in [2.75, 3.05) is 7.11 Å². The number of hydrogen-bond donors (Lipinski definition) is 0. The van der Waals surface area contributed by atoms with E-state index in [1.807, 2.05) is 12.1 Å². The van der Waals surface area contributed by atoms with Gasteiger partial charge in [-0.1, -0.05) is 28.1 Å². The summed E-state index contributed by atoms with van der Waals surface area (Å²) in [6, 6.07) is 10.2. The van der Waals surface area contributed by atoms with E-state index >= 15 is 0 Å². The predicted octanol–water partition coefficient (Wildman–Crippen LogP) is 5.00. The second-order valence-electron chi connectivity index (χ2n) is 3.27. The van der Waals surface area contributed by atoms with Crippen LogP contribution in [-0.4, -0.2) is 7.11 Å². The Morgan fingerprint density at radius 1 is 1.19 bits per heavy atom. The van der Waals surface area contributed by atoms with Gasteiger partial charge in [0.2, 0.25) is 0 Å². The summed E-state index contributed by atoms with van der Waals surface area (Å²) >= 11 is 9.00. The van der Waals surface area contributed by atoms with E-state index in [-0.39, 0.29) is 4.83 Å². The number of hydrogen-bond acceptors (Lipinski definition) is 2. The third-order valence-electron chi connectivity index (χ3n) is 2.28. The fourth-order valence-corrected chi connectivity index (χ4v) is 4.20. The second-order valence-corrected chi connectivity index (χ2v) is 5.99. The Hall–Kier alpha value is -0.320. The van der Waals surface area contributed by atoms with Gasteiger partial charge in [-0.25, -0.2) is 0 Å². The van der Waals surface area contributed by atoms with Crippen molar-refractivity contribution in [2.45, 2.75) is 4.83 Å². The molecule has 1 aromatic carbocycles. The van der Waals surface area contributed by atoms with Gasteiger partial charge in [0.1, 0.15) is 5.75 Å². The molecule has 84 valence electrons. The van der Waals surface area contributed by atoms with Crippen molar-refractivity contribution in [3.8, 4) is 5.75 Å². The molecule has 0 bridgehead atoms. The Labute approximate surface area is 116 Å². The molecule has 0 spiro atoms. The molecule has 0 fully saturated rings. The minimum atomic E-state index is 0.229. The maximum Gasteiger partial charge on any atom is 0.118 e. The average molecular weight is 362 g/mol. The zero-order valence-corrected chi connectivity index (χ0v) is 12.6. The molecule has 2 aromatic rings. The first-order valence-corrected chi connectivity index (χ1v) is 7.32. The number of ether oxygens (including phenoxy) is 1. The molecular formula is C12H10Br2OS. The van der Waals surface area contributed by atoms with Crippen LogP contribution in [0.5, 0.6) is 5.75 Å². The van der Waals surface area contributed by atoms with Gasteiger partial charge < -0.3 is 4.74 Å². The number of alkyl halides is 1. The molecular weight excluding hydrogens is 352 g/mol. The molecule has 0 amide bonds.